The molecule has 2 aliphatic heterocycles. The van der Waals surface area contributed by atoms with E-state index in [0.717, 1.165) is 66.5 Å². The Morgan fingerprint density at radius 2 is 1.49 bits per heavy atom. The van der Waals surface area contributed by atoms with Gasteiger partial charge in [0.2, 0.25) is 0 Å². The highest BCUT2D eigenvalue weighted by Crippen LogP contribution is 2.40. The topological polar surface area (TPSA) is 22.5 Å². The van der Waals surface area contributed by atoms with E-state index in [4.69, 9.17) is 35.8 Å². The van der Waals surface area contributed by atoms with E-state index < -0.39 is 0 Å². The van der Waals surface area contributed by atoms with Gasteiger partial charge in [-0.15, -0.1) is 16.4 Å². The van der Waals surface area contributed by atoms with Crippen molar-refractivity contribution < 1.29 is 4.42 Å². The lowest BCUT2D eigenvalue weighted by atomic mass is 9.35. The zero-order valence-corrected chi connectivity index (χ0v) is 21.8. The average molecular weight is 488 g/mol. The molecule has 0 fully saturated rings. The predicted octanol–water partition coefficient (Wildman–Crippen LogP) is 0.693. The van der Waals surface area contributed by atoms with Crippen LogP contribution in [-0.2, 0) is 0 Å². The van der Waals surface area contributed by atoms with Crippen LogP contribution in [0.15, 0.2) is 52.9 Å². The average Bonchev–Trinajstić information content (AvgIpc) is 3.61. The Bertz CT molecular complexity index is 2320. The summed E-state index contributed by atoms with van der Waals surface area (Å²) in [4.78, 5) is 0. The quantitative estimate of drug-likeness (QED) is 0.289. The van der Waals surface area contributed by atoms with Gasteiger partial charge in [-0.1, -0.05) is 35.2 Å². The van der Waals surface area contributed by atoms with Crippen LogP contribution in [0.25, 0.3) is 55.6 Å². The number of benzene rings is 4. The Hall–Kier alpha value is -3.92. The molecule has 3 aromatic heterocycles. The lowest BCUT2D eigenvalue weighted by molar-refractivity contribution is 0.672. The summed E-state index contributed by atoms with van der Waals surface area (Å²) in [7, 11) is 26.4. The first-order valence-electron chi connectivity index (χ1n) is 13.2. The molecule has 0 unspecified atom stereocenters. The standard InChI is InChI=1S/C31H17B5N2O/c1-12-8-14(3)28-18(11-12)38-29-15-6-4-5-7-19(15)39-30(29)27-31(38)37(28)17-10-13(2)9-16-20-21(32)22(33)23(34)24(35)26(20)36(27)25(16)17/h4-11H,1-3H3. The number of fused-ring (bicyclic) bond motifs is 13. The molecule has 5 heterocycles. The van der Waals surface area contributed by atoms with Gasteiger partial charge in [-0.05, 0) is 78.3 Å². The van der Waals surface area contributed by atoms with Crippen LogP contribution in [0, 0.1) is 20.8 Å². The maximum Gasteiger partial charge on any atom is 0.254 e. The molecule has 0 amide bonds. The molecule has 0 saturated heterocycles. The second-order valence-corrected chi connectivity index (χ2v) is 11.3. The van der Waals surface area contributed by atoms with Gasteiger partial charge in [-0.2, -0.15) is 0 Å². The van der Waals surface area contributed by atoms with Gasteiger partial charge in [-0.25, -0.2) is 0 Å². The first-order valence-corrected chi connectivity index (χ1v) is 13.2. The second-order valence-electron chi connectivity index (χ2n) is 11.3. The molecule has 2 aliphatic rings. The summed E-state index contributed by atoms with van der Waals surface area (Å²) < 4.78 is 11.5. The van der Waals surface area contributed by atoms with E-state index in [1.54, 1.807) is 0 Å². The molecule has 172 valence electrons. The van der Waals surface area contributed by atoms with Gasteiger partial charge < -0.3 is 4.42 Å². The third-order valence-electron chi connectivity index (χ3n) is 8.97. The van der Waals surface area contributed by atoms with Crippen LogP contribution in [-0.4, -0.2) is 47.1 Å². The number of rotatable bonds is 0. The van der Waals surface area contributed by atoms with Gasteiger partial charge >= 0.3 is 0 Å². The highest BCUT2D eigenvalue weighted by molar-refractivity contribution is 7.05. The van der Waals surface area contributed by atoms with E-state index in [0.29, 0.717) is 21.9 Å². The van der Waals surface area contributed by atoms with Crippen molar-refractivity contribution >= 4 is 115 Å². The minimum absolute atomic E-state index is 0.193. The first kappa shape index (κ1) is 22.0. The molecule has 3 nitrogen and oxygen atoms in total. The number of furan rings is 1. The van der Waals surface area contributed by atoms with Crippen molar-refractivity contribution in [3.05, 3.63) is 65.2 Å². The number of nitrogens with zero attached hydrogens (tertiary/aromatic N) is 2. The van der Waals surface area contributed by atoms with Crippen LogP contribution in [0.1, 0.15) is 16.7 Å². The van der Waals surface area contributed by atoms with Gasteiger partial charge in [0.15, 0.2) is 5.58 Å². The van der Waals surface area contributed by atoms with Crippen LogP contribution in [0.4, 0.5) is 0 Å². The summed E-state index contributed by atoms with van der Waals surface area (Å²) in [5.41, 5.74) is 17.7. The zero-order valence-electron chi connectivity index (χ0n) is 21.8. The lowest BCUT2D eigenvalue weighted by Gasteiger charge is -2.24. The molecule has 8 radical (unpaired) electrons. The monoisotopic (exact) mass is 488 g/mol. The van der Waals surface area contributed by atoms with Gasteiger partial charge in [-0.3, -0.25) is 8.97 Å². The summed E-state index contributed by atoms with van der Waals surface area (Å²) >= 11 is 0. The molecule has 0 spiro atoms. The summed E-state index contributed by atoms with van der Waals surface area (Å²) in [5.74, 6) is 0. The highest BCUT2D eigenvalue weighted by atomic mass is 16.3. The fourth-order valence-electron chi connectivity index (χ4n) is 7.57. The summed E-state index contributed by atoms with van der Waals surface area (Å²) in [6.07, 6.45) is 0. The van der Waals surface area contributed by atoms with Crippen molar-refractivity contribution in [2.45, 2.75) is 20.8 Å². The van der Waals surface area contributed by atoms with E-state index in [1.165, 1.54) is 22.1 Å². The third kappa shape index (κ3) is 2.32. The molecule has 7 aromatic rings. The number of aryl methyl sites for hydroxylation is 3. The molecule has 0 bridgehead atoms. The Kier molecular flexibility index (Phi) is 3.83. The number of hydrogen-bond acceptors (Lipinski definition) is 1. The van der Waals surface area contributed by atoms with Gasteiger partial charge in [0.05, 0.1) is 11.0 Å². The number of aromatic nitrogens is 2. The largest absolute Gasteiger partial charge is 0.455 e. The third-order valence-corrected chi connectivity index (χ3v) is 8.97. The summed E-state index contributed by atoms with van der Waals surface area (Å²) in [5, 5.41) is 1.08. The van der Waals surface area contributed by atoms with Crippen molar-refractivity contribution in [2.24, 2.45) is 0 Å². The lowest BCUT2D eigenvalue weighted by Crippen LogP contribution is -2.63. The van der Waals surface area contributed by atoms with Crippen molar-refractivity contribution in [3.63, 3.8) is 0 Å². The van der Waals surface area contributed by atoms with E-state index in [2.05, 4.69) is 66.1 Å². The Morgan fingerprint density at radius 1 is 0.744 bits per heavy atom. The molecule has 0 saturated carbocycles. The Balaban J connectivity index is 1.63. The summed E-state index contributed by atoms with van der Waals surface area (Å²) in [6.45, 7) is 6.27. The molecular formula is C31H17B5N2O. The van der Waals surface area contributed by atoms with E-state index in [1.807, 2.05) is 12.1 Å². The number of para-hydroxylation sites is 1. The number of imidazole rings is 1. The van der Waals surface area contributed by atoms with Crippen molar-refractivity contribution in [3.8, 4) is 16.8 Å². The molecule has 0 N–H and O–H groups in total. The predicted molar refractivity (Wildman–Crippen MR) is 167 cm³/mol. The van der Waals surface area contributed by atoms with E-state index in [-0.39, 0.29) is 6.71 Å². The SMILES string of the molecule is [B]c1c([B])c([B])c2c(c1[B])B1c3c-2cc(C)cc3-n2c3c(C)cc(C)cc3n3c4c(oc5ccccc54)c1c23. The zero-order chi connectivity index (χ0) is 26.6. The van der Waals surface area contributed by atoms with Crippen molar-refractivity contribution in [2.75, 3.05) is 0 Å². The molecule has 0 atom stereocenters. The van der Waals surface area contributed by atoms with Crippen LogP contribution in [0.5, 0.6) is 0 Å². The Morgan fingerprint density at radius 3 is 2.31 bits per heavy atom. The van der Waals surface area contributed by atoms with Crippen LogP contribution >= 0.6 is 0 Å². The molecule has 4 aromatic carbocycles. The minimum atomic E-state index is -0.193. The van der Waals surface area contributed by atoms with Gasteiger partial charge in [0.1, 0.15) is 48.1 Å². The maximum atomic E-state index is 6.81. The fourth-order valence-corrected chi connectivity index (χ4v) is 7.57. The van der Waals surface area contributed by atoms with Crippen LogP contribution < -0.4 is 38.2 Å². The van der Waals surface area contributed by atoms with E-state index >= 15 is 0 Å². The maximum absolute atomic E-state index is 6.81. The molecular weight excluding hydrogens is 470 g/mol. The Labute approximate surface area is 230 Å². The van der Waals surface area contributed by atoms with Gasteiger partial charge in [0.25, 0.3) is 6.71 Å². The van der Waals surface area contributed by atoms with Crippen LogP contribution in [0.3, 0.4) is 0 Å². The second kappa shape index (κ2) is 6.80. The summed E-state index contributed by atoms with van der Waals surface area (Å²) in [6, 6.07) is 17.2. The fraction of sp³-hybridized carbons (Fsp3) is 0.0968. The normalized spacial score (nSPS) is 13.4. The molecule has 39 heavy (non-hydrogen) atoms. The van der Waals surface area contributed by atoms with Crippen molar-refractivity contribution in [1.82, 2.24) is 8.97 Å². The van der Waals surface area contributed by atoms with Crippen molar-refractivity contribution in [1.29, 1.82) is 0 Å². The van der Waals surface area contributed by atoms with E-state index in [9.17, 15) is 0 Å². The smallest absolute Gasteiger partial charge is 0.254 e. The molecule has 0 aliphatic carbocycles. The highest BCUT2D eigenvalue weighted by Gasteiger charge is 2.46. The minimum Gasteiger partial charge on any atom is -0.455 e. The first-order chi connectivity index (χ1) is 18.8. The molecule has 9 rings (SSSR count). The molecule has 8 heteroatoms. The van der Waals surface area contributed by atoms with Gasteiger partial charge in [0, 0.05) is 16.5 Å². The number of hydrogen-bond donors (Lipinski definition) is 0. The van der Waals surface area contributed by atoms with Crippen LogP contribution in [0.2, 0.25) is 0 Å².